The molecular formula is C14H19N5. The van der Waals surface area contributed by atoms with E-state index in [0.29, 0.717) is 5.82 Å². The van der Waals surface area contributed by atoms with Gasteiger partial charge in [0.1, 0.15) is 12.1 Å². The summed E-state index contributed by atoms with van der Waals surface area (Å²) in [4.78, 5) is 12.4. The monoisotopic (exact) mass is 257 g/mol. The maximum absolute atomic E-state index is 5.90. The minimum atomic E-state index is 0.134. The summed E-state index contributed by atoms with van der Waals surface area (Å²) in [7, 11) is 0. The van der Waals surface area contributed by atoms with E-state index in [-0.39, 0.29) is 6.04 Å². The normalized spacial score (nSPS) is 12.3. The van der Waals surface area contributed by atoms with Gasteiger partial charge in [-0.15, -0.1) is 0 Å². The molecule has 2 rings (SSSR count). The number of anilines is 1. The molecule has 0 aromatic carbocycles. The Morgan fingerprint density at radius 3 is 2.84 bits per heavy atom. The summed E-state index contributed by atoms with van der Waals surface area (Å²) >= 11 is 0. The number of nitrogens with one attached hydrogen (secondary N) is 1. The highest BCUT2D eigenvalue weighted by Gasteiger charge is 2.14. The first kappa shape index (κ1) is 13.4. The van der Waals surface area contributed by atoms with Gasteiger partial charge in [0.2, 0.25) is 0 Å². The van der Waals surface area contributed by atoms with Crippen LogP contribution in [0.25, 0.3) is 0 Å². The predicted octanol–water partition coefficient (Wildman–Crippen LogP) is 1.74. The van der Waals surface area contributed by atoms with Crippen LogP contribution in [0, 0.1) is 0 Å². The number of pyridine rings is 1. The van der Waals surface area contributed by atoms with Crippen molar-refractivity contribution < 1.29 is 0 Å². The molecule has 2 aromatic rings. The van der Waals surface area contributed by atoms with Gasteiger partial charge in [0, 0.05) is 12.4 Å². The van der Waals surface area contributed by atoms with Gasteiger partial charge in [-0.1, -0.05) is 13.0 Å². The number of aromatic nitrogens is 3. The van der Waals surface area contributed by atoms with E-state index in [1.165, 1.54) is 0 Å². The van der Waals surface area contributed by atoms with E-state index in [0.717, 1.165) is 30.6 Å². The Morgan fingerprint density at radius 1 is 1.26 bits per heavy atom. The Bertz CT molecular complexity index is 500. The number of rotatable bonds is 6. The molecule has 0 fully saturated rings. The highest BCUT2D eigenvalue weighted by molar-refractivity contribution is 5.39. The van der Waals surface area contributed by atoms with Crippen LogP contribution >= 0.6 is 0 Å². The molecule has 0 saturated carbocycles. The maximum atomic E-state index is 5.90. The SMILES string of the molecule is CCCNC(Cc1cccnc1N)c1ccncn1. The molecule has 3 N–H and O–H groups in total. The van der Waals surface area contributed by atoms with Crippen molar-refractivity contribution >= 4 is 5.82 Å². The molecule has 0 radical (unpaired) electrons. The molecule has 0 aliphatic rings. The van der Waals surface area contributed by atoms with E-state index in [2.05, 4.69) is 27.2 Å². The number of hydrogen-bond donors (Lipinski definition) is 2. The Labute approximate surface area is 113 Å². The van der Waals surface area contributed by atoms with Crippen molar-refractivity contribution in [3.63, 3.8) is 0 Å². The van der Waals surface area contributed by atoms with Crippen molar-refractivity contribution in [2.75, 3.05) is 12.3 Å². The number of nitrogen functional groups attached to an aromatic ring is 1. The fraction of sp³-hybridized carbons (Fsp3) is 0.357. The fourth-order valence-corrected chi connectivity index (χ4v) is 1.95. The molecule has 0 spiro atoms. The van der Waals surface area contributed by atoms with Gasteiger partial charge in [0.05, 0.1) is 11.7 Å². The Balaban J connectivity index is 2.17. The van der Waals surface area contributed by atoms with Gasteiger partial charge in [0.15, 0.2) is 0 Å². The van der Waals surface area contributed by atoms with Crippen LogP contribution in [-0.2, 0) is 6.42 Å². The second-order valence-corrected chi connectivity index (χ2v) is 4.39. The molecule has 5 heteroatoms. The van der Waals surface area contributed by atoms with Crippen LogP contribution < -0.4 is 11.1 Å². The minimum absolute atomic E-state index is 0.134. The van der Waals surface area contributed by atoms with Crippen LogP contribution in [0.15, 0.2) is 36.9 Å². The molecule has 2 heterocycles. The van der Waals surface area contributed by atoms with E-state index >= 15 is 0 Å². The third-order valence-electron chi connectivity index (χ3n) is 2.95. The molecule has 19 heavy (non-hydrogen) atoms. The van der Waals surface area contributed by atoms with Crippen LogP contribution in [0.5, 0.6) is 0 Å². The first-order valence-corrected chi connectivity index (χ1v) is 6.50. The lowest BCUT2D eigenvalue weighted by Crippen LogP contribution is -2.25. The van der Waals surface area contributed by atoms with Crippen LogP contribution in [-0.4, -0.2) is 21.5 Å². The fourth-order valence-electron chi connectivity index (χ4n) is 1.95. The van der Waals surface area contributed by atoms with E-state index in [4.69, 9.17) is 5.73 Å². The van der Waals surface area contributed by atoms with Gasteiger partial charge in [-0.05, 0) is 37.1 Å². The van der Waals surface area contributed by atoms with Gasteiger partial charge in [0.25, 0.3) is 0 Å². The summed E-state index contributed by atoms with van der Waals surface area (Å²) in [5, 5.41) is 3.49. The quantitative estimate of drug-likeness (QED) is 0.824. The lowest BCUT2D eigenvalue weighted by atomic mass is 10.0. The smallest absolute Gasteiger partial charge is 0.126 e. The topological polar surface area (TPSA) is 76.7 Å². The predicted molar refractivity (Wildman–Crippen MR) is 75.4 cm³/mol. The summed E-state index contributed by atoms with van der Waals surface area (Å²) in [6.45, 7) is 3.08. The zero-order valence-electron chi connectivity index (χ0n) is 11.1. The summed E-state index contributed by atoms with van der Waals surface area (Å²) in [6, 6.07) is 5.97. The number of hydrogen-bond acceptors (Lipinski definition) is 5. The van der Waals surface area contributed by atoms with Gasteiger partial charge in [-0.3, -0.25) is 0 Å². The zero-order valence-corrected chi connectivity index (χ0v) is 11.1. The Morgan fingerprint density at radius 2 is 2.16 bits per heavy atom. The molecule has 0 amide bonds. The summed E-state index contributed by atoms with van der Waals surface area (Å²) in [5.41, 5.74) is 7.92. The lowest BCUT2D eigenvalue weighted by Gasteiger charge is -2.18. The summed E-state index contributed by atoms with van der Waals surface area (Å²) in [5.74, 6) is 0.583. The molecule has 5 nitrogen and oxygen atoms in total. The summed E-state index contributed by atoms with van der Waals surface area (Å²) < 4.78 is 0. The minimum Gasteiger partial charge on any atom is -0.383 e. The van der Waals surface area contributed by atoms with Crippen molar-refractivity contribution in [3.05, 3.63) is 48.2 Å². The average Bonchev–Trinajstić information content (AvgIpc) is 2.46. The maximum Gasteiger partial charge on any atom is 0.126 e. The first-order valence-electron chi connectivity index (χ1n) is 6.50. The van der Waals surface area contributed by atoms with Crippen LogP contribution in [0.2, 0.25) is 0 Å². The second kappa shape index (κ2) is 6.80. The van der Waals surface area contributed by atoms with E-state index in [1.807, 2.05) is 18.2 Å². The third-order valence-corrected chi connectivity index (χ3v) is 2.95. The van der Waals surface area contributed by atoms with Crippen molar-refractivity contribution in [3.8, 4) is 0 Å². The van der Waals surface area contributed by atoms with Gasteiger partial charge < -0.3 is 11.1 Å². The average molecular weight is 257 g/mol. The van der Waals surface area contributed by atoms with Gasteiger partial charge >= 0.3 is 0 Å². The van der Waals surface area contributed by atoms with Gasteiger partial charge in [-0.25, -0.2) is 15.0 Å². The van der Waals surface area contributed by atoms with Crippen molar-refractivity contribution in [2.45, 2.75) is 25.8 Å². The Kier molecular flexibility index (Phi) is 4.80. The molecule has 2 aromatic heterocycles. The number of nitrogens with two attached hydrogens (primary N) is 1. The summed E-state index contributed by atoms with van der Waals surface area (Å²) in [6.07, 6.45) is 6.89. The lowest BCUT2D eigenvalue weighted by molar-refractivity contribution is 0.517. The molecule has 0 aliphatic carbocycles. The number of nitrogens with zero attached hydrogens (tertiary/aromatic N) is 3. The Hall–Kier alpha value is -2.01. The largest absolute Gasteiger partial charge is 0.383 e. The first-order chi connectivity index (χ1) is 9.31. The molecule has 100 valence electrons. The van der Waals surface area contributed by atoms with Crippen molar-refractivity contribution in [2.24, 2.45) is 0 Å². The molecule has 0 aliphatic heterocycles. The molecular weight excluding hydrogens is 238 g/mol. The molecule has 1 atom stereocenters. The van der Waals surface area contributed by atoms with E-state index in [9.17, 15) is 0 Å². The third kappa shape index (κ3) is 3.72. The highest BCUT2D eigenvalue weighted by Crippen LogP contribution is 2.18. The van der Waals surface area contributed by atoms with Crippen LogP contribution in [0.4, 0.5) is 5.82 Å². The van der Waals surface area contributed by atoms with E-state index < -0.39 is 0 Å². The van der Waals surface area contributed by atoms with Crippen molar-refractivity contribution in [1.29, 1.82) is 0 Å². The zero-order chi connectivity index (χ0) is 13.5. The standard InChI is InChI=1S/C14H19N5/c1-2-6-17-13(12-5-8-16-10-19-12)9-11-4-3-7-18-14(11)15/h3-5,7-8,10,13,17H,2,6,9H2,1H3,(H2,15,18). The van der Waals surface area contributed by atoms with Crippen molar-refractivity contribution in [1.82, 2.24) is 20.3 Å². The molecule has 0 saturated heterocycles. The van der Waals surface area contributed by atoms with E-state index in [1.54, 1.807) is 18.7 Å². The van der Waals surface area contributed by atoms with Gasteiger partial charge in [-0.2, -0.15) is 0 Å². The molecule has 1 unspecified atom stereocenters. The van der Waals surface area contributed by atoms with Crippen LogP contribution in [0.3, 0.4) is 0 Å². The molecule has 0 bridgehead atoms. The van der Waals surface area contributed by atoms with Crippen LogP contribution in [0.1, 0.15) is 30.6 Å². The second-order valence-electron chi connectivity index (χ2n) is 4.39. The highest BCUT2D eigenvalue weighted by atomic mass is 15.0.